The summed E-state index contributed by atoms with van der Waals surface area (Å²) in [6.07, 6.45) is 0. The average molecular weight is 2930 g/mol. The summed E-state index contributed by atoms with van der Waals surface area (Å²) in [6, 6.07) is 0. The van der Waals surface area contributed by atoms with Crippen LogP contribution >= 0.6 is 7.82 Å². The van der Waals surface area contributed by atoms with Gasteiger partial charge in [-0.3, -0.25) is 0 Å². The summed E-state index contributed by atoms with van der Waals surface area (Å²) in [5.74, 6) is 0. The smallest absolute Gasteiger partial charge is 0 e. The minimum absolute atomic E-state index is 0. The molecular weight excluding hydrogens is 2890 g/mol. The molecule has 41 nitrogen and oxygen atoms in total. The molecule has 41 N–H and O–H groups in total. The van der Waals surface area contributed by atoms with E-state index in [0.29, 0.717) is 0 Å². The third-order valence-electron chi connectivity index (χ3n) is 0. The second-order valence-electron chi connectivity index (χ2n) is 1.74. The van der Waals surface area contributed by atoms with Crippen molar-refractivity contribution < 1.29 is 414 Å². The molecule has 0 aromatic rings. The Kier molecular flexibility index (Phi) is 1180. The van der Waals surface area contributed by atoms with E-state index in [9.17, 15) is 0 Å². The summed E-state index contributed by atoms with van der Waals surface area (Å²) < 4.78 is 164. The van der Waals surface area contributed by atoms with Crippen LogP contribution < -0.4 is 0 Å². The van der Waals surface area contributed by atoms with Gasteiger partial charge in [-0.2, -0.15) is 0 Å². The molecule has 364 valence electrons. The Morgan fingerprint density at radius 2 is 0.204 bits per heavy atom. The van der Waals surface area contributed by atoms with Crippen molar-refractivity contribution >= 4 is 7.82 Å². The molecule has 54 heteroatoms. The fourth-order valence-corrected chi connectivity index (χ4v) is 0. The van der Waals surface area contributed by atoms with Gasteiger partial charge in [0.1, 0.15) is 0 Å². The van der Waals surface area contributed by atoms with Crippen molar-refractivity contribution in [1.82, 2.24) is 0 Å². The molecule has 0 aliphatic rings. The van der Waals surface area contributed by atoms with E-state index >= 15 is 0 Å². The Bertz CT molecular complexity index is 837. The Labute approximate surface area is 415 Å². The Morgan fingerprint density at radius 3 is 0.204 bits per heavy atom. The zero-order chi connectivity index (χ0) is 26.0. The molecule has 0 heterocycles. The predicted molar refractivity (Wildman–Crippen MR) is 95.3 cm³/mol. The zero-order valence-electron chi connectivity index (χ0n) is 23.9. The van der Waals surface area contributed by atoms with E-state index in [-0.39, 0.29) is 230 Å². The fraction of sp³-hybridized carbons (Fsp3) is 0. The second kappa shape index (κ2) is 228. The van der Waals surface area contributed by atoms with Gasteiger partial charge in [0, 0.05) is 126 Å². The van der Waals surface area contributed by atoms with Gasteiger partial charge in [-0.05, 0) is 0 Å². The molecule has 0 amide bonds. The summed E-state index contributed by atoms with van der Waals surface area (Å²) in [5.41, 5.74) is 0. The van der Waals surface area contributed by atoms with Gasteiger partial charge in [-0.15, -0.1) is 0 Å². The van der Waals surface area contributed by atoms with Crippen LogP contribution in [0.3, 0.4) is 0 Å². The van der Waals surface area contributed by atoms with Crippen LogP contribution in [0.25, 0.3) is 0 Å². The van der Waals surface area contributed by atoms with Crippen LogP contribution in [-0.4, -0.2) is 119 Å². The second-order valence-corrected chi connectivity index (χ2v) is 11.6. The third-order valence-corrected chi connectivity index (χ3v) is 0. The summed E-state index contributed by atoms with van der Waals surface area (Å²) in [6.45, 7) is 0. The van der Waals surface area contributed by atoms with Gasteiger partial charge >= 0.3 is 172 Å². The van der Waals surface area contributed by atoms with E-state index in [1.165, 1.54) is 0 Å². The quantitative estimate of drug-likeness (QED) is 0.190. The van der Waals surface area contributed by atoms with E-state index in [4.69, 9.17) is 80.4 Å². The summed E-state index contributed by atoms with van der Waals surface area (Å²) in [4.78, 5) is 21.6. The first-order valence-corrected chi connectivity index (χ1v) is 26.9. The molecule has 0 atom stereocenters. The summed E-state index contributed by atoms with van der Waals surface area (Å²) >= 11 is -25.7. The predicted octanol–water partition coefficient (Wildman–Crippen LogP) is -18.8. The van der Waals surface area contributed by atoms with E-state index in [1.807, 2.05) is 0 Å². The summed E-state index contributed by atoms with van der Waals surface area (Å²) in [5, 5.41) is 0. The van der Waals surface area contributed by atoms with Crippen LogP contribution in [0.5, 0.6) is 0 Å². The van der Waals surface area contributed by atoms with E-state index in [0.717, 1.165) is 0 Å². The SMILES string of the molecule is O.O.O.O.O.O.O.O.O.O.O.O.O.O.O.O.O.O.O.O=P(O)(O)O.[O]=[W](=[O])=[O].[O]=[W](=[O])=[O].[O]=[W](=[O])=[O].[O]=[W](=[O])=[O].[O]=[W](=[O])=[O].[O]=[W](=[O])=[O].[W].[W].[W].[W].[W].[W]. The molecule has 0 saturated heterocycles. The number of hydrogen-bond donors (Lipinski definition) is 3. The van der Waals surface area contributed by atoms with Crippen molar-refractivity contribution in [3.05, 3.63) is 0 Å². The molecule has 0 aromatic carbocycles. The van der Waals surface area contributed by atoms with Crippen molar-refractivity contribution in [3.8, 4) is 0 Å². The van der Waals surface area contributed by atoms with Crippen molar-refractivity contribution in [3.63, 3.8) is 0 Å². The van der Waals surface area contributed by atoms with Crippen molar-refractivity contribution in [2.24, 2.45) is 0 Å². The van der Waals surface area contributed by atoms with Gasteiger partial charge < -0.3 is 119 Å². The number of hydrogen-bond acceptors (Lipinski definition) is 19. The van der Waals surface area contributed by atoms with Crippen molar-refractivity contribution in [2.75, 3.05) is 0 Å². The van der Waals surface area contributed by atoms with E-state index < -0.39 is 111 Å². The Hall–Kier alpha value is 4.01. The molecule has 0 saturated carbocycles. The molecule has 0 aliphatic carbocycles. The van der Waals surface area contributed by atoms with Crippen LogP contribution in [0.15, 0.2) is 0 Å². The Morgan fingerprint density at radius 1 is 0.204 bits per heavy atom. The van der Waals surface area contributed by atoms with Gasteiger partial charge in [-0.1, -0.05) is 0 Å². The van der Waals surface area contributed by atoms with Crippen molar-refractivity contribution in [1.29, 1.82) is 0 Å². The maximum Gasteiger partial charge on any atom is 0 e. The van der Waals surface area contributed by atoms with Gasteiger partial charge in [0.15, 0.2) is 0 Å². The van der Waals surface area contributed by atoms with Gasteiger partial charge in [0.05, 0.1) is 0 Å². The molecule has 0 aliphatic heterocycles. The van der Waals surface area contributed by atoms with Crippen LogP contribution in [0.2, 0.25) is 0 Å². The molecule has 0 unspecified atom stereocenters. The molecule has 0 aromatic heterocycles. The average Bonchev–Trinajstić information content (AvgIpc) is 2.18. The first-order valence-electron chi connectivity index (χ1n) is 3.78. The minimum atomic E-state index is -4.64. The number of phosphoric acid groups is 1. The first kappa shape index (κ1) is 279. The molecule has 54 heavy (non-hydrogen) atoms. The third kappa shape index (κ3) is 10500. The van der Waals surface area contributed by atoms with Crippen LogP contribution in [-0.2, 0) is 295 Å². The van der Waals surface area contributed by atoms with Crippen LogP contribution in [0.1, 0.15) is 0 Å². The molecule has 0 radical (unpaired) electrons. The van der Waals surface area contributed by atoms with Crippen LogP contribution in [0, 0.1) is 0 Å². The molecule has 0 bridgehead atoms. The minimum Gasteiger partial charge on any atom is 0 e. The topological polar surface area (TPSA) is 984 Å². The molecular formula is H41O41PW12. The number of rotatable bonds is 0. The Balaban J connectivity index is -0.00000000324. The maximum absolute atomic E-state index is 8.88. The van der Waals surface area contributed by atoms with E-state index in [1.54, 1.807) is 0 Å². The van der Waals surface area contributed by atoms with E-state index in [2.05, 4.69) is 0 Å². The van der Waals surface area contributed by atoms with Crippen molar-refractivity contribution in [2.45, 2.75) is 0 Å². The van der Waals surface area contributed by atoms with Crippen LogP contribution in [0.4, 0.5) is 0 Å². The van der Waals surface area contributed by atoms with Gasteiger partial charge in [-0.25, -0.2) is 4.57 Å². The first-order chi connectivity index (χ1) is 12.4. The molecule has 0 fully saturated rings. The largest absolute Gasteiger partial charge is 0 e. The summed E-state index contributed by atoms with van der Waals surface area (Å²) in [7, 11) is -4.64. The molecule has 0 rings (SSSR count). The standard InChI is InChI=1S/H3O4P.19H2O.18O.12W/c1-5(2,3)4;;;;;;;;;;;;;;;;;;;;;;;;;;;;;;;;;;;;;;;;;;;;;;;;;/h(H3,1,2,3,4);19*1H2;;;;;;;;;;;;;;;;;;;;;;;;;;;;;;. The maximum atomic E-state index is 8.88. The van der Waals surface area contributed by atoms with Gasteiger partial charge in [0.2, 0.25) is 0 Å². The monoisotopic (exact) mass is 2940 g/mol. The normalized spacial score (nSPS) is 3.76. The fourth-order valence-electron chi connectivity index (χ4n) is 0. The van der Waals surface area contributed by atoms with Gasteiger partial charge in [0.25, 0.3) is 0 Å². The zero-order valence-corrected chi connectivity index (χ0v) is 60.0. The molecule has 0 spiro atoms.